The van der Waals surface area contributed by atoms with Crippen molar-refractivity contribution < 1.29 is 9.53 Å². The van der Waals surface area contributed by atoms with Gasteiger partial charge in [-0.05, 0) is 49.7 Å². The minimum atomic E-state index is 0.0366. The Kier molecular flexibility index (Phi) is 5.16. The zero-order valence-electron chi connectivity index (χ0n) is 16.6. The lowest BCUT2D eigenvalue weighted by molar-refractivity contribution is -0.126. The average Bonchev–Trinajstić information content (AvgIpc) is 3.36. The molecule has 2 aromatic carbocycles. The normalized spacial score (nSPS) is 18.7. The van der Waals surface area contributed by atoms with E-state index in [1.165, 1.54) is 0 Å². The van der Waals surface area contributed by atoms with Crippen LogP contribution in [0.4, 0.5) is 5.69 Å². The van der Waals surface area contributed by atoms with E-state index in [1.807, 2.05) is 65.7 Å². The van der Waals surface area contributed by atoms with E-state index in [-0.39, 0.29) is 11.9 Å². The molecule has 0 saturated carbocycles. The summed E-state index contributed by atoms with van der Waals surface area (Å²) in [6.45, 7) is 7.65. The highest BCUT2D eigenvalue weighted by molar-refractivity contribution is 5.92. The smallest absolute Gasteiger partial charge is 0.248 e. The van der Waals surface area contributed by atoms with Crippen molar-refractivity contribution in [2.45, 2.75) is 19.4 Å². The van der Waals surface area contributed by atoms with Crippen LogP contribution in [-0.2, 0) is 4.79 Å². The van der Waals surface area contributed by atoms with Crippen LogP contribution in [-0.4, -0.2) is 41.5 Å². The first-order chi connectivity index (χ1) is 14.0. The summed E-state index contributed by atoms with van der Waals surface area (Å²) in [6.07, 6.45) is 2.91. The number of nitrogens with two attached hydrogens (primary N) is 1. The van der Waals surface area contributed by atoms with Gasteiger partial charge in [0.2, 0.25) is 5.91 Å². The number of hydrogen-bond acceptors (Lipinski definition) is 5. The van der Waals surface area contributed by atoms with E-state index in [0.29, 0.717) is 24.6 Å². The Hall–Kier alpha value is -3.41. The van der Waals surface area contributed by atoms with Crippen LogP contribution < -0.4 is 15.4 Å². The predicted molar refractivity (Wildman–Crippen MR) is 114 cm³/mol. The Labute approximate surface area is 171 Å². The Morgan fingerprint density at radius 2 is 1.79 bits per heavy atom. The van der Waals surface area contributed by atoms with Gasteiger partial charge >= 0.3 is 0 Å². The summed E-state index contributed by atoms with van der Waals surface area (Å²) in [7, 11) is 0. The Bertz CT molecular complexity index is 924. The Morgan fingerprint density at radius 1 is 1.10 bits per heavy atom. The fraction of sp³-hybridized carbons (Fsp3) is 0.261. The van der Waals surface area contributed by atoms with E-state index in [1.54, 1.807) is 6.92 Å². The van der Waals surface area contributed by atoms with Crippen LogP contribution >= 0.6 is 0 Å². The number of carbonyl (C=O) groups excluding carboxylic acids is 1. The molecule has 2 N–H and O–H groups in total. The van der Waals surface area contributed by atoms with Crippen LogP contribution in [0.5, 0.6) is 11.5 Å². The lowest BCUT2D eigenvalue weighted by Gasteiger charge is -2.27. The molecule has 4 rings (SSSR count). The predicted octanol–water partition coefficient (Wildman–Crippen LogP) is 3.49. The number of hydrogen-bond donors (Lipinski definition) is 1. The minimum Gasteiger partial charge on any atom is -0.457 e. The van der Waals surface area contributed by atoms with E-state index >= 15 is 0 Å². The third-order valence-corrected chi connectivity index (χ3v) is 5.33. The van der Waals surface area contributed by atoms with Gasteiger partial charge in [-0.15, -0.1) is 0 Å². The maximum Gasteiger partial charge on any atom is 0.248 e. The van der Waals surface area contributed by atoms with Crippen LogP contribution in [0.3, 0.4) is 0 Å². The maximum absolute atomic E-state index is 12.2. The molecule has 1 fully saturated rings. The molecule has 1 saturated heterocycles. The molecule has 2 aliphatic heterocycles. The highest BCUT2D eigenvalue weighted by Gasteiger charge is 2.33. The van der Waals surface area contributed by atoms with Crippen LogP contribution in [0.25, 0.3) is 0 Å². The summed E-state index contributed by atoms with van der Waals surface area (Å²) in [5.74, 6) is 2.33. The van der Waals surface area contributed by atoms with Crippen LogP contribution in [0, 0.1) is 0 Å². The highest BCUT2D eigenvalue weighted by Crippen LogP contribution is 2.29. The SMILES string of the molecule is C=C(C)C(=O)N1CC[C@@H](N2C=C(N)N(c3ccc(Oc4ccccc4)cc3)C2)C1. The Morgan fingerprint density at radius 3 is 2.48 bits per heavy atom. The summed E-state index contributed by atoms with van der Waals surface area (Å²) in [5, 5.41) is 0. The molecule has 0 unspecified atom stereocenters. The number of ether oxygens (including phenoxy) is 1. The number of amides is 1. The number of benzene rings is 2. The molecule has 2 aliphatic rings. The summed E-state index contributed by atoms with van der Waals surface area (Å²) >= 11 is 0. The molecule has 2 aromatic rings. The van der Waals surface area contributed by atoms with Gasteiger partial charge in [0.15, 0.2) is 0 Å². The number of nitrogens with zero attached hydrogens (tertiary/aromatic N) is 3. The quantitative estimate of drug-likeness (QED) is 0.792. The molecular weight excluding hydrogens is 364 g/mol. The topological polar surface area (TPSA) is 62.0 Å². The third-order valence-electron chi connectivity index (χ3n) is 5.33. The lowest BCUT2D eigenvalue weighted by atomic mass is 10.2. The molecule has 6 nitrogen and oxygen atoms in total. The molecule has 1 amide bonds. The van der Waals surface area contributed by atoms with Gasteiger partial charge in [0, 0.05) is 36.6 Å². The molecule has 29 heavy (non-hydrogen) atoms. The molecule has 0 bridgehead atoms. The fourth-order valence-electron chi connectivity index (χ4n) is 3.76. The summed E-state index contributed by atoms with van der Waals surface area (Å²) < 4.78 is 5.86. The second kappa shape index (κ2) is 7.91. The van der Waals surface area contributed by atoms with Crippen LogP contribution in [0.2, 0.25) is 0 Å². The summed E-state index contributed by atoms with van der Waals surface area (Å²) in [5.41, 5.74) is 7.89. The third kappa shape index (κ3) is 4.06. The van der Waals surface area contributed by atoms with Crippen molar-refractivity contribution in [3.05, 3.63) is 78.8 Å². The molecular formula is C23H26N4O2. The van der Waals surface area contributed by atoms with Gasteiger partial charge in [-0.25, -0.2) is 0 Å². The van der Waals surface area contributed by atoms with Gasteiger partial charge < -0.3 is 25.2 Å². The number of anilines is 1. The van der Waals surface area contributed by atoms with Crippen LogP contribution in [0.15, 0.2) is 78.8 Å². The molecule has 1 atom stereocenters. The zero-order valence-corrected chi connectivity index (χ0v) is 16.6. The van der Waals surface area contributed by atoms with E-state index in [9.17, 15) is 4.79 Å². The summed E-state index contributed by atoms with van der Waals surface area (Å²) in [4.78, 5) is 18.3. The first-order valence-corrected chi connectivity index (χ1v) is 9.79. The first-order valence-electron chi connectivity index (χ1n) is 9.79. The van der Waals surface area contributed by atoms with Crippen molar-refractivity contribution in [2.75, 3.05) is 24.7 Å². The molecule has 2 heterocycles. The summed E-state index contributed by atoms with van der Waals surface area (Å²) in [6, 6.07) is 17.9. The Balaban J connectivity index is 1.39. The van der Waals surface area contributed by atoms with Gasteiger partial charge in [0.1, 0.15) is 17.3 Å². The molecule has 0 aromatic heterocycles. The number of likely N-dealkylation sites (tertiary alicyclic amines) is 1. The number of carbonyl (C=O) groups is 1. The second-order valence-electron chi connectivity index (χ2n) is 7.52. The fourth-order valence-corrected chi connectivity index (χ4v) is 3.76. The monoisotopic (exact) mass is 390 g/mol. The van der Waals surface area contributed by atoms with Crippen molar-refractivity contribution in [1.29, 1.82) is 0 Å². The molecule has 0 radical (unpaired) electrons. The van der Waals surface area contributed by atoms with Gasteiger partial charge in [0.25, 0.3) is 0 Å². The van der Waals surface area contributed by atoms with Gasteiger partial charge in [-0.3, -0.25) is 4.79 Å². The van der Waals surface area contributed by atoms with Crippen molar-refractivity contribution >= 4 is 11.6 Å². The largest absolute Gasteiger partial charge is 0.457 e. The highest BCUT2D eigenvalue weighted by atomic mass is 16.5. The zero-order chi connectivity index (χ0) is 20.4. The van der Waals surface area contributed by atoms with E-state index in [4.69, 9.17) is 10.5 Å². The van der Waals surface area contributed by atoms with Gasteiger partial charge in [-0.1, -0.05) is 24.8 Å². The van der Waals surface area contributed by atoms with Crippen molar-refractivity contribution in [3.63, 3.8) is 0 Å². The van der Waals surface area contributed by atoms with Crippen LogP contribution in [0.1, 0.15) is 13.3 Å². The molecule has 150 valence electrons. The van der Waals surface area contributed by atoms with Crippen molar-refractivity contribution in [3.8, 4) is 11.5 Å². The van der Waals surface area contributed by atoms with Gasteiger partial charge in [0.05, 0.1) is 6.67 Å². The molecule has 0 spiro atoms. The van der Waals surface area contributed by atoms with Gasteiger partial charge in [-0.2, -0.15) is 0 Å². The minimum absolute atomic E-state index is 0.0366. The molecule has 6 heteroatoms. The van der Waals surface area contributed by atoms with E-state index in [0.717, 1.165) is 30.2 Å². The standard InChI is InChI=1S/C23H26N4O2/c1-17(2)23(28)25-13-12-19(14-25)26-15-22(24)27(16-26)18-8-10-21(11-9-18)29-20-6-4-3-5-7-20/h3-11,15,19H,1,12-14,16,24H2,2H3/t19-/m1/s1. The molecule has 0 aliphatic carbocycles. The number of para-hydroxylation sites is 1. The van der Waals surface area contributed by atoms with E-state index in [2.05, 4.69) is 16.4 Å². The first kappa shape index (κ1) is 18.9. The average molecular weight is 390 g/mol. The maximum atomic E-state index is 12.2. The van der Waals surface area contributed by atoms with Crippen molar-refractivity contribution in [1.82, 2.24) is 9.80 Å². The van der Waals surface area contributed by atoms with Crippen molar-refractivity contribution in [2.24, 2.45) is 5.73 Å². The van der Waals surface area contributed by atoms with E-state index < -0.39 is 0 Å². The second-order valence-corrected chi connectivity index (χ2v) is 7.52. The lowest BCUT2D eigenvalue weighted by Crippen LogP contribution is -2.38. The number of rotatable bonds is 5.